The average molecular weight is 328 g/mol. The SMILES string of the molecule is CCCN(CCNCc1cc(F)ccc1F)C(=O)OC(C)(C)C. The number of carbonyl (C=O) groups excluding carboxylic acids is 1. The molecule has 1 rings (SSSR count). The van der Waals surface area contributed by atoms with Crippen molar-refractivity contribution in [1.29, 1.82) is 0 Å². The van der Waals surface area contributed by atoms with Crippen molar-refractivity contribution in [3.8, 4) is 0 Å². The third kappa shape index (κ3) is 7.41. The highest BCUT2D eigenvalue weighted by atomic mass is 19.1. The fourth-order valence-corrected chi connectivity index (χ4v) is 2.01. The van der Waals surface area contributed by atoms with Crippen LogP contribution in [0, 0.1) is 11.6 Å². The van der Waals surface area contributed by atoms with Gasteiger partial charge in [0.1, 0.15) is 17.2 Å². The van der Waals surface area contributed by atoms with Crippen molar-refractivity contribution in [2.45, 2.75) is 46.3 Å². The highest BCUT2D eigenvalue weighted by Crippen LogP contribution is 2.11. The van der Waals surface area contributed by atoms with Crippen molar-refractivity contribution in [1.82, 2.24) is 10.2 Å². The van der Waals surface area contributed by atoms with Gasteiger partial charge in [-0.05, 0) is 45.4 Å². The number of benzene rings is 1. The lowest BCUT2D eigenvalue weighted by Crippen LogP contribution is -2.40. The highest BCUT2D eigenvalue weighted by molar-refractivity contribution is 5.68. The van der Waals surface area contributed by atoms with Gasteiger partial charge in [0.25, 0.3) is 0 Å². The second-order valence-electron chi connectivity index (χ2n) is 6.38. The molecule has 0 atom stereocenters. The van der Waals surface area contributed by atoms with Crippen molar-refractivity contribution < 1.29 is 18.3 Å². The molecular weight excluding hydrogens is 302 g/mol. The summed E-state index contributed by atoms with van der Waals surface area (Å²) >= 11 is 0. The van der Waals surface area contributed by atoms with Crippen molar-refractivity contribution in [2.24, 2.45) is 0 Å². The molecule has 0 fully saturated rings. The summed E-state index contributed by atoms with van der Waals surface area (Å²) in [7, 11) is 0. The Labute approximate surface area is 136 Å². The van der Waals surface area contributed by atoms with Crippen molar-refractivity contribution in [3.63, 3.8) is 0 Å². The van der Waals surface area contributed by atoms with Gasteiger partial charge in [-0.15, -0.1) is 0 Å². The fraction of sp³-hybridized carbons (Fsp3) is 0.588. The zero-order valence-corrected chi connectivity index (χ0v) is 14.3. The Balaban J connectivity index is 2.46. The number of carbonyl (C=O) groups is 1. The summed E-state index contributed by atoms with van der Waals surface area (Å²) < 4.78 is 31.9. The first-order valence-electron chi connectivity index (χ1n) is 7.85. The minimum absolute atomic E-state index is 0.206. The Bertz CT molecular complexity index is 516. The summed E-state index contributed by atoms with van der Waals surface area (Å²) in [6.07, 6.45) is 0.454. The monoisotopic (exact) mass is 328 g/mol. The molecule has 1 aromatic rings. The number of amides is 1. The first-order chi connectivity index (χ1) is 10.7. The molecule has 0 heterocycles. The predicted molar refractivity (Wildman–Crippen MR) is 86.2 cm³/mol. The van der Waals surface area contributed by atoms with Crippen LogP contribution in [-0.4, -0.2) is 36.2 Å². The van der Waals surface area contributed by atoms with E-state index in [-0.39, 0.29) is 18.2 Å². The maximum Gasteiger partial charge on any atom is 0.410 e. The van der Waals surface area contributed by atoms with Crippen LogP contribution in [0.4, 0.5) is 13.6 Å². The number of hydrogen-bond acceptors (Lipinski definition) is 3. The molecule has 0 radical (unpaired) electrons. The number of halogens is 2. The van der Waals surface area contributed by atoms with E-state index in [0.29, 0.717) is 19.6 Å². The molecule has 0 saturated carbocycles. The van der Waals surface area contributed by atoms with Gasteiger partial charge in [-0.2, -0.15) is 0 Å². The van der Waals surface area contributed by atoms with Gasteiger partial charge in [-0.25, -0.2) is 13.6 Å². The summed E-state index contributed by atoms with van der Waals surface area (Å²) in [6.45, 7) is 9.14. The molecule has 1 N–H and O–H groups in total. The number of ether oxygens (including phenoxy) is 1. The molecule has 0 aliphatic carbocycles. The smallest absolute Gasteiger partial charge is 0.410 e. The van der Waals surface area contributed by atoms with E-state index in [1.54, 1.807) is 4.90 Å². The minimum atomic E-state index is -0.540. The normalized spacial score (nSPS) is 11.4. The van der Waals surface area contributed by atoms with Gasteiger partial charge >= 0.3 is 6.09 Å². The third-order valence-corrected chi connectivity index (χ3v) is 3.03. The molecule has 1 aromatic carbocycles. The van der Waals surface area contributed by atoms with E-state index in [1.807, 2.05) is 27.7 Å². The van der Waals surface area contributed by atoms with E-state index in [4.69, 9.17) is 4.74 Å². The first kappa shape index (κ1) is 19.4. The number of nitrogens with one attached hydrogen (secondary N) is 1. The molecule has 6 heteroatoms. The van der Waals surface area contributed by atoms with E-state index in [0.717, 1.165) is 18.6 Å². The van der Waals surface area contributed by atoms with Crippen LogP contribution in [0.5, 0.6) is 0 Å². The number of rotatable bonds is 7. The van der Waals surface area contributed by atoms with Gasteiger partial charge in [0, 0.05) is 31.7 Å². The minimum Gasteiger partial charge on any atom is -0.444 e. The average Bonchev–Trinajstić information content (AvgIpc) is 2.43. The molecule has 0 aliphatic heterocycles. The van der Waals surface area contributed by atoms with Crippen LogP contribution in [0.25, 0.3) is 0 Å². The molecular formula is C17H26F2N2O2. The Kier molecular flexibility index (Phi) is 7.42. The standard InChI is InChI=1S/C17H26F2N2O2/c1-5-9-21(16(22)23-17(2,3)4)10-8-20-12-13-11-14(18)6-7-15(13)19/h6-7,11,20H,5,8-10,12H2,1-4H3. The van der Waals surface area contributed by atoms with Gasteiger partial charge in [0.05, 0.1) is 0 Å². The van der Waals surface area contributed by atoms with Crippen LogP contribution in [-0.2, 0) is 11.3 Å². The lowest BCUT2D eigenvalue weighted by molar-refractivity contribution is 0.0252. The zero-order valence-electron chi connectivity index (χ0n) is 14.3. The molecule has 0 aliphatic rings. The Hall–Kier alpha value is -1.69. The van der Waals surface area contributed by atoms with Crippen molar-refractivity contribution in [3.05, 3.63) is 35.4 Å². The predicted octanol–water partition coefficient (Wildman–Crippen LogP) is 3.70. The molecule has 4 nitrogen and oxygen atoms in total. The largest absolute Gasteiger partial charge is 0.444 e. The number of hydrogen-bond donors (Lipinski definition) is 1. The molecule has 23 heavy (non-hydrogen) atoms. The lowest BCUT2D eigenvalue weighted by atomic mass is 10.2. The summed E-state index contributed by atoms with van der Waals surface area (Å²) in [6, 6.07) is 3.36. The van der Waals surface area contributed by atoms with E-state index < -0.39 is 17.2 Å². The Morgan fingerprint density at radius 2 is 1.96 bits per heavy atom. The molecule has 0 spiro atoms. The summed E-state index contributed by atoms with van der Waals surface area (Å²) in [5.74, 6) is -0.916. The molecule has 130 valence electrons. The van der Waals surface area contributed by atoms with Gasteiger partial charge in [-0.1, -0.05) is 6.92 Å². The lowest BCUT2D eigenvalue weighted by Gasteiger charge is -2.27. The van der Waals surface area contributed by atoms with E-state index in [1.165, 1.54) is 6.07 Å². The first-order valence-corrected chi connectivity index (χ1v) is 7.85. The summed E-state index contributed by atoms with van der Waals surface area (Å²) in [4.78, 5) is 13.7. The molecule has 0 aromatic heterocycles. The number of nitrogens with zero attached hydrogens (tertiary/aromatic N) is 1. The van der Waals surface area contributed by atoms with Gasteiger partial charge in [-0.3, -0.25) is 0 Å². The summed E-state index contributed by atoms with van der Waals surface area (Å²) in [5, 5.41) is 3.02. The van der Waals surface area contributed by atoms with Crippen LogP contribution in [0.3, 0.4) is 0 Å². The molecule has 1 amide bonds. The quantitative estimate of drug-likeness (QED) is 0.776. The second-order valence-corrected chi connectivity index (χ2v) is 6.38. The molecule has 0 unspecified atom stereocenters. The van der Waals surface area contributed by atoms with Crippen LogP contribution in [0.1, 0.15) is 39.7 Å². The van der Waals surface area contributed by atoms with Gasteiger partial charge in [0.15, 0.2) is 0 Å². The third-order valence-electron chi connectivity index (χ3n) is 3.03. The topological polar surface area (TPSA) is 41.6 Å². The maximum atomic E-state index is 13.5. The van der Waals surface area contributed by atoms with E-state index >= 15 is 0 Å². The summed E-state index contributed by atoms with van der Waals surface area (Å²) in [5.41, 5.74) is -0.273. The Morgan fingerprint density at radius 1 is 1.26 bits per heavy atom. The van der Waals surface area contributed by atoms with Crippen molar-refractivity contribution in [2.75, 3.05) is 19.6 Å². The van der Waals surface area contributed by atoms with Crippen LogP contribution >= 0.6 is 0 Å². The maximum absolute atomic E-state index is 13.5. The van der Waals surface area contributed by atoms with Crippen LogP contribution in [0.2, 0.25) is 0 Å². The van der Waals surface area contributed by atoms with Crippen LogP contribution < -0.4 is 5.32 Å². The van der Waals surface area contributed by atoms with E-state index in [9.17, 15) is 13.6 Å². The van der Waals surface area contributed by atoms with Gasteiger partial charge < -0.3 is 15.0 Å². The molecule has 0 saturated heterocycles. The van der Waals surface area contributed by atoms with E-state index in [2.05, 4.69) is 5.32 Å². The highest BCUT2D eigenvalue weighted by Gasteiger charge is 2.21. The van der Waals surface area contributed by atoms with Crippen LogP contribution in [0.15, 0.2) is 18.2 Å². The fourth-order valence-electron chi connectivity index (χ4n) is 2.01. The van der Waals surface area contributed by atoms with Crippen molar-refractivity contribution >= 4 is 6.09 Å². The van der Waals surface area contributed by atoms with Gasteiger partial charge in [0.2, 0.25) is 0 Å². The Morgan fingerprint density at radius 3 is 2.57 bits per heavy atom. The molecule has 0 bridgehead atoms. The zero-order chi connectivity index (χ0) is 17.5. The second kappa shape index (κ2) is 8.82.